The number of ether oxygens (including phenoxy) is 1. The maximum absolute atomic E-state index is 13.3. The SMILES string of the molecule is COc1cc(C2CCCCN2)cc(F)c1F. The van der Waals surface area contributed by atoms with Gasteiger partial charge in [0, 0.05) is 6.04 Å². The Hall–Kier alpha value is -1.16. The summed E-state index contributed by atoms with van der Waals surface area (Å²) in [5.74, 6) is -1.79. The lowest BCUT2D eigenvalue weighted by Crippen LogP contribution is -2.26. The topological polar surface area (TPSA) is 21.3 Å². The molecule has 1 aromatic carbocycles. The highest BCUT2D eigenvalue weighted by Crippen LogP contribution is 2.29. The van der Waals surface area contributed by atoms with E-state index in [1.54, 1.807) is 6.07 Å². The first-order chi connectivity index (χ1) is 7.72. The van der Waals surface area contributed by atoms with E-state index < -0.39 is 11.6 Å². The average Bonchev–Trinajstić information content (AvgIpc) is 2.33. The Kier molecular flexibility index (Phi) is 3.39. The van der Waals surface area contributed by atoms with Gasteiger partial charge in [0.1, 0.15) is 0 Å². The zero-order chi connectivity index (χ0) is 11.5. The van der Waals surface area contributed by atoms with Gasteiger partial charge < -0.3 is 10.1 Å². The van der Waals surface area contributed by atoms with E-state index in [2.05, 4.69) is 5.32 Å². The van der Waals surface area contributed by atoms with E-state index in [0.717, 1.165) is 31.4 Å². The van der Waals surface area contributed by atoms with E-state index >= 15 is 0 Å². The van der Waals surface area contributed by atoms with Gasteiger partial charge in [-0.1, -0.05) is 6.42 Å². The molecular weight excluding hydrogens is 212 g/mol. The molecule has 0 spiro atoms. The van der Waals surface area contributed by atoms with E-state index in [1.807, 2.05) is 0 Å². The third kappa shape index (κ3) is 2.16. The van der Waals surface area contributed by atoms with Gasteiger partial charge in [-0.15, -0.1) is 0 Å². The molecule has 1 N–H and O–H groups in total. The summed E-state index contributed by atoms with van der Waals surface area (Å²) in [6.07, 6.45) is 3.20. The minimum atomic E-state index is -0.915. The molecule has 0 radical (unpaired) electrons. The highest BCUT2D eigenvalue weighted by atomic mass is 19.2. The first kappa shape index (κ1) is 11.3. The van der Waals surface area contributed by atoms with E-state index in [-0.39, 0.29) is 11.8 Å². The Morgan fingerprint density at radius 1 is 1.31 bits per heavy atom. The van der Waals surface area contributed by atoms with Gasteiger partial charge in [-0.2, -0.15) is 4.39 Å². The minimum Gasteiger partial charge on any atom is -0.494 e. The van der Waals surface area contributed by atoms with Gasteiger partial charge in [-0.3, -0.25) is 0 Å². The van der Waals surface area contributed by atoms with E-state index in [1.165, 1.54) is 13.2 Å². The fraction of sp³-hybridized carbons (Fsp3) is 0.500. The van der Waals surface area contributed by atoms with Crippen molar-refractivity contribution in [2.45, 2.75) is 25.3 Å². The first-order valence-electron chi connectivity index (χ1n) is 5.48. The minimum absolute atomic E-state index is 0.0256. The molecular formula is C12H15F2NO. The van der Waals surface area contributed by atoms with Crippen LogP contribution in [0.15, 0.2) is 12.1 Å². The van der Waals surface area contributed by atoms with Gasteiger partial charge in [-0.05, 0) is 37.1 Å². The fourth-order valence-corrected chi connectivity index (χ4v) is 2.07. The lowest BCUT2D eigenvalue weighted by Gasteiger charge is -2.24. The molecule has 0 aromatic heterocycles. The quantitative estimate of drug-likeness (QED) is 0.838. The molecule has 88 valence electrons. The standard InChI is InChI=1S/C12H15F2NO/c1-16-11-7-8(6-9(13)12(11)14)10-4-2-3-5-15-10/h6-7,10,15H,2-5H2,1H3. The molecule has 0 aliphatic carbocycles. The molecule has 1 saturated heterocycles. The average molecular weight is 227 g/mol. The van der Waals surface area contributed by atoms with Crippen LogP contribution in [0.2, 0.25) is 0 Å². The normalized spacial score (nSPS) is 20.8. The molecule has 1 aliphatic heterocycles. The summed E-state index contributed by atoms with van der Waals surface area (Å²) in [5.41, 5.74) is 0.760. The smallest absolute Gasteiger partial charge is 0.200 e. The Morgan fingerprint density at radius 2 is 2.12 bits per heavy atom. The molecule has 1 atom stereocenters. The maximum atomic E-state index is 13.3. The molecule has 4 heteroatoms. The van der Waals surface area contributed by atoms with Crippen LogP contribution in [-0.2, 0) is 0 Å². The number of methoxy groups -OCH3 is 1. The third-order valence-electron chi connectivity index (χ3n) is 2.95. The third-order valence-corrected chi connectivity index (χ3v) is 2.95. The summed E-state index contributed by atoms with van der Waals surface area (Å²) in [4.78, 5) is 0. The molecule has 0 bridgehead atoms. The van der Waals surface area contributed by atoms with Crippen LogP contribution in [-0.4, -0.2) is 13.7 Å². The number of nitrogens with one attached hydrogen (secondary N) is 1. The van der Waals surface area contributed by atoms with Gasteiger partial charge in [0.2, 0.25) is 5.82 Å². The lowest BCUT2D eigenvalue weighted by molar-refractivity contribution is 0.364. The van der Waals surface area contributed by atoms with Crippen molar-refractivity contribution >= 4 is 0 Å². The highest BCUT2D eigenvalue weighted by Gasteiger charge is 2.19. The van der Waals surface area contributed by atoms with Crippen molar-refractivity contribution in [2.75, 3.05) is 13.7 Å². The Bertz CT molecular complexity index is 376. The van der Waals surface area contributed by atoms with Gasteiger partial charge in [-0.25, -0.2) is 4.39 Å². The zero-order valence-corrected chi connectivity index (χ0v) is 9.22. The van der Waals surface area contributed by atoms with Crippen molar-refractivity contribution in [3.63, 3.8) is 0 Å². The second-order valence-corrected chi connectivity index (χ2v) is 4.02. The van der Waals surface area contributed by atoms with Crippen molar-refractivity contribution in [2.24, 2.45) is 0 Å². The lowest BCUT2D eigenvalue weighted by atomic mass is 9.97. The Labute approximate surface area is 93.6 Å². The number of benzene rings is 1. The molecule has 2 rings (SSSR count). The van der Waals surface area contributed by atoms with Crippen LogP contribution >= 0.6 is 0 Å². The number of piperidine rings is 1. The summed E-state index contributed by atoms with van der Waals surface area (Å²) >= 11 is 0. The molecule has 0 amide bonds. The van der Waals surface area contributed by atoms with Crippen molar-refractivity contribution < 1.29 is 13.5 Å². The predicted octanol–water partition coefficient (Wildman–Crippen LogP) is 2.79. The molecule has 0 saturated carbocycles. The molecule has 2 nitrogen and oxygen atoms in total. The van der Waals surface area contributed by atoms with Crippen LogP contribution in [0.5, 0.6) is 5.75 Å². The number of halogens is 2. The largest absolute Gasteiger partial charge is 0.494 e. The summed E-state index contributed by atoms with van der Waals surface area (Å²) in [6.45, 7) is 0.923. The van der Waals surface area contributed by atoms with Gasteiger partial charge in [0.15, 0.2) is 11.6 Å². The molecule has 1 heterocycles. The van der Waals surface area contributed by atoms with Crippen LogP contribution in [0.3, 0.4) is 0 Å². The van der Waals surface area contributed by atoms with Gasteiger partial charge in [0.25, 0.3) is 0 Å². The zero-order valence-electron chi connectivity index (χ0n) is 9.22. The first-order valence-corrected chi connectivity index (χ1v) is 5.48. The van der Waals surface area contributed by atoms with Crippen molar-refractivity contribution in [1.29, 1.82) is 0 Å². The van der Waals surface area contributed by atoms with Crippen molar-refractivity contribution in [3.8, 4) is 5.75 Å². The molecule has 1 fully saturated rings. The second kappa shape index (κ2) is 4.78. The second-order valence-electron chi connectivity index (χ2n) is 4.02. The number of hydrogen-bond donors (Lipinski definition) is 1. The predicted molar refractivity (Wildman–Crippen MR) is 57.5 cm³/mol. The van der Waals surface area contributed by atoms with Gasteiger partial charge >= 0.3 is 0 Å². The summed E-state index contributed by atoms with van der Waals surface area (Å²) in [7, 11) is 1.34. The number of rotatable bonds is 2. The van der Waals surface area contributed by atoms with Crippen LogP contribution in [0, 0.1) is 11.6 Å². The van der Waals surface area contributed by atoms with E-state index in [9.17, 15) is 8.78 Å². The molecule has 1 aromatic rings. The van der Waals surface area contributed by atoms with Crippen molar-refractivity contribution in [1.82, 2.24) is 5.32 Å². The van der Waals surface area contributed by atoms with E-state index in [0.29, 0.717) is 0 Å². The van der Waals surface area contributed by atoms with Crippen LogP contribution in [0.1, 0.15) is 30.9 Å². The molecule has 1 aliphatic rings. The summed E-state index contributed by atoms with van der Waals surface area (Å²) in [6, 6.07) is 2.93. The molecule has 16 heavy (non-hydrogen) atoms. The van der Waals surface area contributed by atoms with Crippen molar-refractivity contribution in [3.05, 3.63) is 29.3 Å². The summed E-state index contributed by atoms with van der Waals surface area (Å²) in [5, 5.41) is 3.29. The highest BCUT2D eigenvalue weighted by molar-refractivity contribution is 5.33. The van der Waals surface area contributed by atoms with Crippen LogP contribution < -0.4 is 10.1 Å². The Balaban J connectivity index is 2.29. The van der Waals surface area contributed by atoms with Crippen LogP contribution in [0.4, 0.5) is 8.78 Å². The van der Waals surface area contributed by atoms with Gasteiger partial charge in [0.05, 0.1) is 7.11 Å². The molecule has 1 unspecified atom stereocenters. The Morgan fingerprint density at radius 3 is 2.75 bits per heavy atom. The van der Waals surface area contributed by atoms with Crippen LogP contribution in [0.25, 0.3) is 0 Å². The monoisotopic (exact) mass is 227 g/mol. The fourth-order valence-electron chi connectivity index (χ4n) is 2.07. The maximum Gasteiger partial charge on any atom is 0.200 e. The summed E-state index contributed by atoms with van der Waals surface area (Å²) < 4.78 is 31.3. The number of hydrogen-bond acceptors (Lipinski definition) is 2. The van der Waals surface area contributed by atoms with E-state index in [4.69, 9.17) is 4.74 Å².